The summed E-state index contributed by atoms with van der Waals surface area (Å²) in [7, 11) is 0. The maximum absolute atomic E-state index is 13.7. The molecule has 112 valence electrons. The van der Waals surface area contributed by atoms with Crippen LogP contribution >= 0.6 is 0 Å². The summed E-state index contributed by atoms with van der Waals surface area (Å²) in [5.74, 6) is -0.138. The van der Waals surface area contributed by atoms with Gasteiger partial charge >= 0.3 is 0 Å². The Bertz CT molecular complexity index is 444. The quantitative estimate of drug-likeness (QED) is 0.886. The number of benzene rings is 1. The zero-order valence-electron chi connectivity index (χ0n) is 13.3. The van der Waals surface area contributed by atoms with E-state index in [1.165, 1.54) is 0 Å². The van der Waals surface area contributed by atoms with E-state index < -0.39 is 0 Å². The molecule has 3 heteroatoms. The van der Waals surface area contributed by atoms with Gasteiger partial charge < -0.3 is 10.2 Å². The molecule has 1 aliphatic rings. The molecule has 1 N–H and O–H groups in total. The Morgan fingerprint density at radius 2 is 2.00 bits per heavy atom. The van der Waals surface area contributed by atoms with Gasteiger partial charge in [0, 0.05) is 30.9 Å². The van der Waals surface area contributed by atoms with Crippen LogP contribution in [0.25, 0.3) is 0 Å². The van der Waals surface area contributed by atoms with Crippen LogP contribution in [0, 0.1) is 18.2 Å². The molecule has 1 aromatic carbocycles. The lowest BCUT2D eigenvalue weighted by molar-refractivity contribution is 0.233. The van der Waals surface area contributed by atoms with E-state index in [2.05, 4.69) is 44.0 Å². The molecule has 0 spiro atoms. The summed E-state index contributed by atoms with van der Waals surface area (Å²) >= 11 is 0. The molecule has 2 atom stereocenters. The Labute approximate surface area is 122 Å². The predicted molar refractivity (Wildman–Crippen MR) is 83.8 cm³/mol. The predicted octanol–water partition coefficient (Wildman–Crippen LogP) is 3.74. The van der Waals surface area contributed by atoms with E-state index in [-0.39, 0.29) is 11.2 Å². The summed E-state index contributed by atoms with van der Waals surface area (Å²) in [5.41, 5.74) is 2.21. The first-order chi connectivity index (χ1) is 9.31. The van der Waals surface area contributed by atoms with Crippen molar-refractivity contribution in [2.75, 3.05) is 18.0 Å². The van der Waals surface area contributed by atoms with Gasteiger partial charge in [-0.3, -0.25) is 0 Å². The van der Waals surface area contributed by atoms with Crippen molar-refractivity contribution >= 4 is 5.69 Å². The highest BCUT2D eigenvalue weighted by atomic mass is 19.1. The van der Waals surface area contributed by atoms with Crippen LogP contribution in [0.1, 0.15) is 39.7 Å². The zero-order valence-corrected chi connectivity index (χ0v) is 13.3. The van der Waals surface area contributed by atoms with Gasteiger partial charge in [-0.15, -0.1) is 0 Å². The van der Waals surface area contributed by atoms with Crippen LogP contribution in [0.15, 0.2) is 18.2 Å². The molecule has 2 unspecified atom stereocenters. The maximum Gasteiger partial charge on any atom is 0.125 e. The number of piperazine rings is 1. The fraction of sp³-hybridized carbons (Fsp3) is 0.647. The number of nitrogens with zero attached hydrogens (tertiary/aromatic N) is 1. The number of nitrogens with one attached hydrogen (secondary N) is 1. The molecule has 0 aliphatic carbocycles. The van der Waals surface area contributed by atoms with Gasteiger partial charge in [0.25, 0.3) is 0 Å². The van der Waals surface area contributed by atoms with Crippen molar-refractivity contribution in [2.45, 2.75) is 53.1 Å². The van der Waals surface area contributed by atoms with Crippen LogP contribution in [0.3, 0.4) is 0 Å². The van der Waals surface area contributed by atoms with Gasteiger partial charge in [-0.05, 0) is 42.5 Å². The second-order valence-electron chi connectivity index (χ2n) is 7.03. The first-order valence-electron chi connectivity index (χ1n) is 7.58. The highest BCUT2D eigenvalue weighted by Gasteiger charge is 2.33. The normalized spacial score (nSPS) is 24.0. The highest BCUT2D eigenvalue weighted by Crippen LogP contribution is 2.29. The van der Waals surface area contributed by atoms with Crippen molar-refractivity contribution in [3.05, 3.63) is 29.6 Å². The lowest BCUT2D eigenvalue weighted by atomic mass is 9.84. The molecule has 0 bridgehead atoms. The number of halogens is 1. The molecule has 0 saturated carbocycles. The minimum Gasteiger partial charge on any atom is -0.366 e. The molecular weight excluding hydrogens is 251 g/mol. The van der Waals surface area contributed by atoms with Crippen molar-refractivity contribution in [1.82, 2.24) is 5.32 Å². The molecule has 2 nitrogen and oxygen atoms in total. The minimum atomic E-state index is -0.138. The average Bonchev–Trinajstić information content (AvgIpc) is 2.35. The molecule has 0 amide bonds. The van der Waals surface area contributed by atoms with E-state index in [0.29, 0.717) is 12.1 Å². The number of hydrogen-bond acceptors (Lipinski definition) is 2. The Morgan fingerprint density at radius 1 is 1.30 bits per heavy atom. The van der Waals surface area contributed by atoms with Crippen molar-refractivity contribution in [3.8, 4) is 0 Å². The van der Waals surface area contributed by atoms with Gasteiger partial charge in [-0.25, -0.2) is 4.39 Å². The van der Waals surface area contributed by atoms with Crippen LogP contribution in [0.4, 0.5) is 10.1 Å². The van der Waals surface area contributed by atoms with Gasteiger partial charge in [0.2, 0.25) is 0 Å². The first kappa shape index (κ1) is 15.3. The number of hydrogen-bond donors (Lipinski definition) is 1. The van der Waals surface area contributed by atoms with Crippen molar-refractivity contribution in [2.24, 2.45) is 5.41 Å². The van der Waals surface area contributed by atoms with E-state index in [1.54, 1.807) is 12.1 Å². The van der Waals surface area contributed by atoms with Crippen LogP contribution in [-0.4, -0.2) is 25.2 Å². The van der Waals surface area contributed by atoms with Crippen molar-refractivity contribution in [3.63, 3.8) is 0 Å². The lowest BCUT2D eigenvalue weighted by Crippen LogP contribution is -2.60. The molecule has 0 radical (unpaired) electrons. The Balaban J connectivity index is 2.29. The third-order valence-electron chi connectivity index (χ3n) is 4.30. The smallest absolute Gasteiger partial charge is 0.125 e. The summed E-state index contributed by atoms with van der Waals surface area (Å²) in [5, 5.41) is 3.65. The number of anilines is 1. The molecule has 1 aliphatic heterocycles. The fourth-order valence-electron chi connectivity index (χ4n) is 2.94. The Hall–Kier alpha value is -1.09. The van der Waals surface area contributed by atoms with E-state index >= 15 is 0 Å². The molecule has 2 rings (SSSR count). The van der Waals surface area contributed by atoms with Crippen LogP contribution in [-0.2, 0) is 0 Å². The average molecular weight is 278 g/mol. The topological polar surface area (TPSA) is 15.3 Å². The SMILES string of the molecule is CCC1CNC(C(C)(C)C)CN1c1cc(C)cc(F)c1. The third kappa shape index (κ3) is 3.32. The van der Waals surface area contributed by atoms with Gasteiger partial charge in [0.05, 0.1) is 0 Å². The summed E-state index contributed by atoms with van der Waals surface area (Å²) in [6, 6.07) is 6.22. The maximum atomic E-state index is 13.7. The number of rotatable bonds is 2. The summed E-state index contributed by atoms with van der Waals surface area (Å²) in [4.78, 5) is 2.38. The second kappa shape index (κ2) is 5.72. The number of aryl methyl sites for hydroxylation is 1. The third-order valence-corrected chi connectivity index (χ3v) is 4.30. The van der Waals surface area contributed by atoms with Crippen LogP contribution in [0.5, 0.6) is 0 Å². The standard InChI is InChI=1S/C17H27FN2/c1-6-14-10-19-16(17(3,4)5)11-20(14)15-8-12(2)7-13(18)9-15/h7-9,14,16,19H,6,10-11H2,1-5H3. The summed E-state index contributed by atoms with van der Waals surface area (Å²) in [6.07, 6.45) is 1.07. The van der Waals surface area contributed by atoms with Crippen molar-refractivity contribution in [1.29, 1.82) is 0 Å². The van der Waals surface area contributed by atoms with E-state index in [4.69, 9.17) is 0 Å². The molecule has 1 saturated heterocycles. The van der Waals surface area contributed by atoms with Gasteiger partial charge in [0.1, 0.15) is 5.82 Å². The first-order valence-corrected chi connectivity index (χ1v) is 7.58. The van der Waals surface area contributed by atoms with E-state index in [1.807, 2.05) is 6.92 Å². The fourth-order valence-corrected chi connectivity index (χ4v) is 2.94. The van der Waals surface area contributed by atoms with E-state index in [9.17, 15) is 4.39 Å². The molecule has 1 heterocycles. The summed E-state index contributed by atoms with van der Waals surface area (Å²) < 4.78 is 13.7. The Kier molecular flexibility index (Phi) is 4.38. The second-order valence-corrected chi connectivity index (χ2v) is 7.03. The summed E-state index contributed by atoms with van der Waals surface area (Å²) in [6.45, 7) is 12.8. The molecule has 1 fully saturated rings. The van der Waals surface area contributed by atoms with Gasteiger partial charge in [-0.2, -0.15) is 0 Å². The lowest BCUT2D eigenvalue weighted by Gasteiger charge is -2.46. The van der Waals surface area contributed by atoms with Crippen LogP contribution in [0.2, 0.25) is 0 Å². The monoisotopic (exact) mass is 278 g/mol. The van der Waals surface area contributed by atoms with Crippen LogP contribution < -0.4 is 10.2 Å². The van der Waals surface area contributed by atoms with Gasteiger partial charge in [0.15, 0.2) is 0 Å². The minimum absolute atomic E-state index is 0.138. The highest BCUT2D eigenvalue weighted by molar-refractivity contribution is 5.50. The van der Waals surface area contributed by atoms with Gasteiger partial charge in [-0.1, -0.05) is 27.7 Å². The molecule has 1 aromatic rings. The molecule has 0 aromatic heterocycles. The molecular formula is C17H27FN2. The Morgan fingerprint density at radius 3 is 2.55 bits per heavy atom. The largest absolute Gasteiger partial charge is 0.366 e. The van der Waals surface area contributed by atoms with E-state index in [0.717, 1.165) is 30.8 Å². The van der Waals surface area contributed by atoms with Crippen molar-refractivity contribution < 1.29 is 4.39 Å². The molecule has 20 heavy (non-hydrogen) atoms. The zero-order chi connectivity index (χ0) is 14.9.